The number of rotatable bonds is 16. The van der Waals surface area contributed by atoms with E-state index in [1.807, 2.05) is 164 Å². The molecular formula is C129H111Ir3N11O4Si3-6. The molecule has 15 nitrogen and oxygen atoms in total. The second-order valence-corrected chi connectivity index (χ2v) is 55.2. The van der Waals surface area contributed by atoms with Gasteiger partial charge in [-0.05, 0) is 154 Å². The Labute approximate surface area is 923 Å². The molecule has 13 aromatic carbocycles. The molecule has 19 aromatic rings. The summed E-state index contributed by atoms with van der Waals surface area (Å²) in [6, 6.07) is 131. The summed E-state index contributed by atoms with van der Waals surface area (Å²) in [5, 5.41) is 29.6. The first-order valence-corrected chi connectivity index (χ1v) is 60.3. The number of hydrogen-bond donors (Lipinski definition) is 0. The van der Waals surface area contributed by atoms with Gasteiger partial charge in [-0.15, -0.1) is 171 Å². The van der Waals surface area contributed by atoms with Gasteiger partial charge in [-0.3, -0.25) is 0 Å². The predicted molar refractivity (Wildman–Crippen MR) is 604 cm³/mol. The second-order valence-electron chi connectivity index (χ2n) is 40.1. The minimum Gasteiger partial charge on any atom is -0.505 e. The van der Waals surface area contributed by atoms with Gasteiger partial charge in [0.15, 0.2) is 17.7 Å². The smallest absolute Gasteiger partial charge is 0.237 e. The molecule has 6 unspecified atom stereocenters. The molecule has 0 N–H and O–H groups in total. The summed E-state index contributed by atoms with van der Waals surface area (Å²) in [6.45, 7) is 27.8. The van der Waals surface area contributed by atoms with Crippen LogP contribution < -0.4 is 30.1 Å². The molecular weight excluding hydrogens is 2430 g/mol. The van der Waals surface area contributed by atoms with E-state index in [1.165, 1.54) is 77.0 Å². The number of nitrogens with zero attached hydrogens (tertiary/aromatic N) is 11. The first-order valence-electron chi connectivity index (χ1n) is 49.8. The van der Waals surface area contributed by atoms with Crippen LogP contribution in [0.1, 0.15) is 51.1 Å². The van der Waals surface area contributed by atoms with Crippen molar-refractivity contribution in [3.8, 4) is 131 Å². The van der Waals surface area contributed by atoms with E-state index in [0.717, 1.165) is 89.8 Å². The average Bonchev–Trinajstić information content (AvgIpc) is 1.59. The van der Waals surface area contributed by atoms with Gasteiger partial charge in [0.1, 0.15) is 6.10 Å². The summed E-state index contributed by atoms with van der Waals surface area (Å²) in [4.78, 5) is 18.8. The summed E-state index contributed by atoms with van der Waals surface area (Å²) in [6.07, 6.45) is 32.1. The quantitative estimate of drug-likeness (QED) is 0.0660. The molecule has 9 heterocycles. The van der Waals surface area contributed by atoms with Gasteiger partial charge in [0.2, 0.25) is 17.7 Å². The summed E-state index contributed by atoms with van der Waals surface area (Å²) in [5.74, 6) is 4.65. The van der Waals surface area contributed by atoms with Crippen LogP contribution in [0, 0.1) is 57.2 Å². The maximum absolute atomic E-state index is 6.02. The fraction of sp³-hybridized carbons (Fsp3) is 0.140. The molecule has 3 aliphatic carbocycles. The molecule has 0 saturated carbocycles. The van der Waals surface area contributed by atoms with Crippen LogP contribution in [0.5, 0.6) is 5.75 Å². The van der Waals surface area contributed by atoms with Crippen LogP contribution in [0.2, 0.25) is 58.9 Å². The molecule has 3 aliphatic heterocycles. The molecule has 0 saturated heterocycles. The Balaban J connectivity index is 0.000000123. The number of allylic oxidation sites excluding steroid dienone is 6. The molecule has 25 rings (SSSR count). The molecule has 6 aromatic heterocycles. The van der Waals surface area contributed by atoms with Crippen molar-refractivity contribution < 1.29 is 78.3 Å². The summed E-state index contributed by atoms with van der Waals surface area (Å²) in [5.41, 5.74) is 28.4. The van der Waals surface area contributed by atoms with Gasteiger partial charge in [-0.2, -0.15) is 15.3 Å². The fourth-order valence-corrected chi connectivity index (χ4v) is 24.7. The van der Waals surface area contributed by atoms with Gasteiger partial charge >= 0.3 is 0 Å². The molecule has 0 fully saturated rings. The van der Waals surface area contributed by atoms with E-state index < -0.39 is 24.2 Å². The third-order valence-electron chi connectivity index (χ3n) is 26.8. The molecule has 6 atom stereocenters. The maximum atomic E-state index is 6.02. The van der Waals surface area contributed by atoms with Crippen molar-refractivity contribution in [1.82, 2.24) is 45.5 Å². The molecule has 3 radical (unpaired) electrons. The van der Waals surface area contributed by atoms with Gasteiger partial charge < -0.3 is 42.7 Å². The van der Waals surface area contributed by atoms with Crippen molar-refractivity contribution in [3.63, 3.8) is 0 Å². The number of para-hydroxylation sites is 2. The fourth-order valence-electron chi connectivity index (χ4n) is 19.6. The van der Waals surface area contributed by atoms with Crippen LogP contribution in [0.4, 0.5) is 22.7 Å². The number of ether oxygens (including phenoxy) is 1. The van der Waals surface area contributed by atoms with Crippen LogP contribution >= 0.6 is 0 Å². The first-order chi connectivity index (χ1) is 71.5. The Morgan fingerprint density at radius 2 is 0.580 bits per heavy atom. The summed E-state index contributed by atoms with van der Waals surface area (Å²) >= 11 is 0. The van der Waals surface area contributed by atoms with E-state index in [0.29, 0.717) is 47.2 Å². The monoisotopic (exact) mass is 2540 g/mol. The number of pyridine rings is 3. The first kappa shape index (κ1) is 106. The van der Waals surface area contributed by atoms with Crippen molar-refractivity contribution in [2.45, 2.75) is 116 Å². The summed E-state index contributed by atoms with van der Waals surface area (Å²) < 4.78 is 23.8. The normalized spacial score (nSPS) is 15.7. The zero-order valence-electron chi connectivity index (χ0n) is 85.4. The Hall–Kier alpha value is -14.8. The van der Waals surface area contributed by atoms with Crippen LogP contribution in [0.15, 0.2) is 432 Å². The van der Waals surface area contributed by atoms with E-state index in [4.69, 9.17) is 28.0 Å². The standard InChI is InChI=1S/2C26H18N3O.2C21H22NSi.C20H13N2O2.C15H18NSi.3Ir/c2*1-3-9-18(10-4-1)25-27-28-26(30-25)19-15-16-22-21-13-7-8-14-23(21)29(24(22)17-19)20-11-5-2-6-12-20;2*1-16-13-20(22-15-21(16)23(2,3)4)19-12-8-11-18(14-19)17-9-6-5-7-10-17;1-2-6-13(7-3-1)19-21-22-20(24-19)14-10-11-16-15-8-4-5-9-17(15)23-18(16)12-14;1-12-10-14(13-8-6-5-7-9-13)16-11-15(12)17(2,3)4;;;/h2*1-14,16-17,21,23H;2*5-11,13-15H,1-4H3;1-9,11-12,15,17H;5-8,10-11H,1-4H3;;;/q6*-1;;;. The van der Waals surface area contributed by atoms with Crippen molar-refractivity contribution in [2.75, 3.05) is 9.80 Å². The van der Waals surface area contributed by atoms with Crippen LogP contribution in [-0.2, 0) is 60.3 Å². The molecule has 751 valence electrons. The van der Waals surface area contributed by atoms with Crippen LogP contribution in [0.3, 0.4) is 0 Å². The Kier molecular flexibility index (Phi) is 33.9. The van der Waals surface area contributed by atoms with E-state index in [-0.39, 0.29) is 84.4 Å². The molecule has 0 amide bonds. The summed E-state index contributed by atoms with van der Waals surface area (Å²) in [7, 11) is -3.95. The predicted octanol–water partition coefficient (Wildman–Crippen LogP) is 29.6. The largest absolute Gasteiger partial charge is 0.505 e. The molecule has 0 bridgehead atoms. The topological polar surface area (TPSA) is 171 Å². The van der Waals surface area contributed by atoms with E-state index >= 15 is 0 Å². The van der Waals surface area contributed by atoms with Gasteiger partial charge in [0.25, 0.3) is 0 Å². The number of anilines is 4. The van der Waals surface area contributed by atoms with Gasteiger partial charge in [-0.1, -0.05) is 352 Å². The SMILES string of the molecule is Cc1cc(-c2[c-]ccc(-c3ccccc3)c2)ncc1[Si](C)(C)C.Cc1cc(-c2[c-]ccc(-c3ccccc3)c2)ncc1[Si](C)(C)C.Cc1cc(-c2[c-]cccc2)ncc1[Si](C)(C)C.[Ir].[Ir].[Ir].[c-]1cc2c(cc1-c1nnc(-c3ccccc3)o1)N(c1ccccc1)C1C=CC=CC21.[c-]1cc2c(cc1-c1nnc(-c3ccccc3)o1)N(c1ccccc1)C1C=CC=CC21.[c-]1cc2c(cc1-c1nnc(-c3ccccc3)o1)OC1C=CC=CC21. The molecule has 0 spiro atoms. The van der Waals surface area contributed by atoms with Gasteiger partial charge in [0, 0.05) is 119 Å². The third-order valence-corrected chi connectivity index (χ3v) is 33.2. The van der Waals surface area contributed by atoms with E-state index in [1.54, 1.807) is 0 Å². The average molecular weight is 2540 g/mol. The maximum Gasteiger partial charge on any atom is 0.237 e. The zero-order valence-corrected chi connectivity index (χ0v) is 95.5. The van der Waals surface area contributed by atoms with Gasteiger partial charge in [-0.25, -0.2) is 0 Å². The zero-order chi connectivity index (χ0) is 101. The Bertz CT molecular complexity index is 7710. The van der Waals surface area contributed by atoms with Gasteiger partial charge in [0.05, 0.1) is 36.3 Å². The molecule has 21 heteroatoms. The Morgan fingerprint density at radius 1 is 0.267 bits per heavy atom. The van der Waals surface area contributed by atoms with E-state index in [9.17, 15) is 0 Å². The second kappa shape index (κ2) is 47.8. The number of aromatic nitrogens is 9. The minimum atomic E-state index is -1.34. The van der Waals surface area contributed by atoms with Crippen molar-refractivity contribution in [2.24, 2.45) is 0 Å². The molecule has 150 heavy (non-hydrogen) atoms. The molecule has 6 aliphatic rings. The van der Waals surface area contributed by atoms with Crippen molar-refractivity contribution >= 4 is 62.5 Å². The third kappa shape index (κ3) is 24.3. The Morgan fingerprint density at radius 3 is 0.940 bits per heavy atom. The number of aryl methyl sites for hydroxylation is 3. The van der Waals surface area contributed by atoms with Crippen molar-refractivity contribution in [1.29, 1.82) is 0 Å². The van der Waals surface area contributed by atoms with Crippen LogP contribution in [-0.4, -0.2) is 88.0 Å². The number of hydrogen-bond acceptors (Lipinski definition) is 15. The number of benzene rings is 13. The van der Waals surface area contributed by atoms with E-state index in [2.05, 4.69) is 417 Å². The van der Waals surface area contributed by atoms with Crippen molar-refractivity contribution in [3.05, 3.63) is 489 Å². The van der Waals surface area contributed by atoms with Crippen LogP contribution in [0.25, 0.3) is 125 Å². The number of fused-ring (bicyclic) bond motifs is 9. The minimum absolute atomic E-state index is 0.